The number of nitrogens with one attached hydrogen (secondary N) is 1. The van der Waals surface area contributed by atoms with Crippen molar-refractivity contribution in [2.45, 2.75) is 38.8 Å². The average Bonchev–Trinajstić information content (AvgIpc) is 2.90. The number of nitrogens with zero attached hydrogens (tertiary/aromatic N) is 2. The number of benzene rings is 3. The van der Waals surface area contributed by atoms with Gasteiger partial charge in [-0.2, -0.15) is 0 Å². The Morgan fingerprint density at radius 2 is 1.59 bits per heavy atom. The van der Waals surface area contributed by atoms with E-state index in [-0.39, 0.29) is 37.7 Å². The molecule has 0 aliphatic heterocycles. The van der Waals surface area contributed by atoms with Crippen molar-refractivity contribution in [3.63, 3.8) is 0 Å². The van der Waals surface area contributed by atoms with E-state index >= 15 is 0 Å². The van der Waals surface area contributed by atoms with Gasteiger partial charge in [-0.1, -0.05) is 54.1 Å². The molecule has 1 N–H and O–H groups in total. The minimum atomic E-state index is -3.67. The van der Waals surface area contributed by atoms with Crippen LogP contribution >= 0.6 is 11.6 Å². The summed E-state index contributed by atoms with van der Waals surface area (Å²) in [5.74, 6) is -1.03. The standard InChI is InChI=1S/C29H33ClFN3O4S/c1-3-32-29(36)27(20-22-8-5-4-6-9-22)33(21-23-11-13-24(30)14-12-23)28(35)10-7-19-34(39(2,37)38)26-17-15-25(31)16-18-26/h4-6,8-9,11-18,27H,3,7,10,19-21H2,1-2H3,(H,32,36)/t27-/m0/s1. The quantitative estimate of drug-likeness (QED) is 0.318. The molecular formula is C29H33ClFN3O4S. The zero-order valence-corrected chi connectivity index (χ0v) is 23.6. The second kappa shape index (κ2) is 14.1. The molecule has 0 aromatic heterocycles. The molecule has 39 heavy (non-hydrogen) atoms. The fourth-order valence-corrected chi connectivity index (χ4v) is 5.34. The first kappa shape index (κ1) is 30.1. The van der Waals surface area contributed by atoms with E-state index in [1.54, 1.807) is 29.2 Å². The third-order valence-electron chi connectivity index (χ3n) is 6.16. The predicted octanol–water partition coefficient (Wildman–Crippen LogP) is 4.80. The summed E-state index contributed by atoms with van der Waals surface area (Å²) in [6.07, 6.45) is 1.59. The summed E-state index contributed by atoms with van der Waals surface area (Å²) in [7, 11) is -3.67. The second-order valence-corrected chi connectivity index (χ2v) is 11.5. The summed E-state index contributed by atoms with van der Waals surface area (Å²) in [4.78, 5) is 28.4. The zero-order chi connectivity index (χ0) is 28.4. The highest BCUT2D eigenvalue weighted by Gasteiger charge is 2.30. The first-order valence-corrected chi connectivity index (χ1v) is 14.9. The van der Waals surface area contributed by atoms with Crippen molar-refractivity contribution >= 4 is 39.1 Å². The van der Waals surface area contributed by atoms with Crippen molar-refractivity contribution in [3.8, 4) is 0 Å². The molecule has 0 aliphatic carbocycles. The molecule has 0 aliphatic rings. The van der Waals surface area contributed by atoms with Crippen LogP contribution in [-0.4, -0.2) is 50.5 Å². The highest BCUT2D eigenvalue weighted by atomic mass is 35.5. The highest BCUT2D eigenvalue weighted by Crippen LogP contribution is 2.21. The molecule has 3 aromatic rings. The summed E-state index contributed by atoms with van der Waals surface area (Å²) in [6, 6.07) is 20.9. The van der Waals surface area contributed by atoms with Crippen molar-refractivity contribution in [2.24, 2.45) is 0 Å². The maximum Gasteiger partial charge on any atom is 0.243 e. The first-order chi connectivity index (χ1) is 18.6. The minimum absolute atomic E-state index is 0.00546. The van der Waals surface area contributed by atoms with E-state index < -0.39 is 21.9 Å². The summed E-state index contributed by atoms with van der Waals surface area (Å²) in [6.45, 7) is 2.43. The molecule has 3 rings (SSSR count). The van der Waals surface area contributed by atoms with Crippen molar-refractivity contribution in [3.05, 3.63) is 101 Å². The number of rotatable bonds is 13. The van der Waals surface area contributed by atoms with Gasteiger partial charge in [0, 0.05) is 37.5 Å². The fraction of sp³-hybridized carbons (Fsp3) is 0.310. The van der Waals surface area contributed by atoms with Gasteiger partial charge in [0.05, 0.1) is 11.9 Å². The Morgan fingerprint density at radius 3 is 2.18 bits per heavy atom. The van der Waals surface area contributed by atoms with Gasteiger partial charge in [-0.05, 0) is 60.9 Å². The van der Waals surface area contributed by atoms with E-state index in [0.29, 0.717) is 23.7 Å². The van der Waals surface area contributed by atoms with E-state index in [9.17, 15) is 22.4 Å². The predicted molar refractivity (Wildman–Crippen MR) is 152 cm³/mol. The Labute approximate surface area is 234 Å². The van der Waals surface area contributed by atoms with Gasteiger partial charge in [-0.25, -0.2) is 12.8 Å². The number of hydrogen-bond acceptors (Lipinski definition) is 4. The lowest BCUT2D eigenvalue weighted by Crippen LogP contribution is -2.50. The van der Waals surface area contributed by atoms with Gasteiger partial charge in [0.1, 0.15) is 11.9 Å². The smallest absolute Gasteiger partial charge is 0.243 e. The number of halogens is 2. The first-order valence-electron chi connectivity index (χ1n) is 12.7. The highest BCUT2D eigenvalue weighted by molar-refractivity contribution is 7.92. The molecule has 0 spiro atoms. The molecule has 3 aromatic carbocycles. The number of carbonyl (C=O) groups is 2. The molecule has 2 amide bonds. The Hall–Kier alpha value is -3.43. The molecule has 208 valence electrons. The van der Waals surface area contributed by atoms with Crippen LogP contribution < -0.4 is 9.62 Å². The van der Waals surface area contributed by atoms with E-state index in [4.69, 9.17) is 11.6 Å². The minimum Gasteiger partial charge on any atom is -0.355 e. The van der Waals surface area contributed by atoms with Gasteiger partial charge in [0.2, 0.25) is 21.8 Å². The maximum absolute atomic E-state index is 13.7. The molecule has 0 unspecified atom stereocenters. The molecular weight excluding hydrogens is 541 g/mol. The van der Waals surface area contributed by atoms with Gasteiger partial charge in [0.15, 0.2) is 0 Å². The molecule has 0 heterocycles. The molecule has 1 atom stereocenters. The molecule has 0 saturated heterocycles. The molecule has 7 nitrogen and oxygen atoms in total. The molecule has 0 radical (unpaired) electrons. The molecule has 0 fully saturated rings. The number of likely N-dealkylation sites (N-methyl/N-ethyl adjacent to an activating group) is 1. The Bertz CT molecular complexity index is 1340. The maximum atomic E-state index is 13.7. The topological polar surface area (TPSA) is 86.8 Å². The van der Waals surface area contributed by atoms with Crippen LogP contribution in [0.5, 0.6) is 0 Å². The van der Waals surface area contributed by atoms with E-state index in [1.165, 1.54) is 24.3 Å². The summed E-state index contributed by atoms with van der Waals surface area (Å²) >= 11 is 6.05. The largest absolute Gasteiger partial charge is 0.355 e. The number of hydrogen-bond donors (Lipinski definition) is 1. The number of anilines is 1. The van der Waals surface area contributed by atoms with Crippen LogP contribution in [0.4, 0.5) is 10.1 Å². The van der Waals surface area contributed by atoms with Crippen molar-refractivity contribution in [1.82, 2.24) is 10.2 Å². The van der Waals surface area contributed by atoms with Crippen LogP contribution in [0.15, 0.2) is 78.9 Å². The van der Waals surface area contributed by atoms with Crippen molar-refractivity contribution in [1.29, 1.82) is 0 Å². The van der Waals surface area contributed by atoms with E-state index in [0.717, 1.165) is 21.7 Å². The summed E-state index contributed by atoms with van der Waals surface area (Å²) in [5, 5.41) is 3.40. The van der Waals surface area contributed by atoms with E-state index in [2.05, 4.69) is 5.32 Å². The third-order valence-corrected chi connectivity index (χ3v) is 7.60. The number of sulfonamides is 1. The van der Waals surface area contributed by atoms with Crippen LogP contribution in [0.2, 0.25) is 5.02 Å². The van der Waals surface area contributed by atoms with Gasteiger partial charge in [-0.15, -0.1) is 0 Å². The van der Waals surface area contributed by atoms with Crippen LogP contribution in [0.3, 0.4) is 0 Å². The lowest BCUT2D eigenvalue weighted by Gasteiger charge is -2.32. The monoisotopic (exact) mass is 573 g/mol. The van der Waals surface area contributed by atoms with Crippen LogP contribution in [0.1, 0.15) is 30.9 Å². The van der Waals surface area contributed by atoms with Gasteiger partial charge in [0.25, 0.3) is 0 Å². The van der Waals surface area contributed by atoms with Crippen LogP contribution in [-0.2, 0) is 32.6 Å². The summed E-state index contributed by atoms with van der Waals surface area (Å²) in [5.41, 5.74) is 2.02. The molecule has 0 bridgehead atoms. The normalized spacial score (nSPS) is 12.0. The second-order valence-electron chi connectivity index (χ2n) is 9.16. The van der Waals surface area contributed by atoms with Crippen molar-refractivity contribution < 1.29 is 22.4 Å². The van der Waals surface area contributed by atoms with Crippen molar-refractivity contribution in [2.75, 3.05) is 23.7 Å². The fourth-order valence-electron chi connectivity index (χ4n) is 4.24. The lowest BCUT2D eigenvalue weighted by molar-refractivity contribution is -0.141. The van der Waals surface area contributed by atoms with E-state index in [1.807, 2.05) is 37.3 Å². The number of amides is 2. The van der Waals surface area contributed by atoms with Gasteiger partial charge >= 0.3 is 0 Å². The van der Waals surface area contributed by atoms with Crippen LogP contribution in [0, 0.1) is 5.82 Å². The number of carbonyl (C=O) groups excluding carboxylic acids is 2. The Balaban J connectivity index is 1.85. The third kappa shape index (κ3) is 9.07. The molecule has 0 saturated carbocycles. The van der Waals surface area contributed by atoms with Gasteiger partial charge in [-0.3, -0.25) is 13.9 Å². The Kier molecular flexibility index (Phi) is 10.9. The SMILES string of the molecule is CCNC(=O)[C@H](Cc1ccccc1)N(Cc1ccc(Cl)cc1)C(=O)CCCN(c1ccc(F)cc1)S(C)(=O)=O. The van der Waals surface area contributed by atoms with Crippen LogP contribution in [0.25, 0.3) is 0 Å². The van der Waals surface area contributed by atoms with Gasteiger partial charge < -0.3 is 10.2 Å². The Morgan fingerprint density at radius 1 is 0.949 bits per heavy atom. The zero-order valence-electron chi connectivity index (χ0n) is 22.0. The molecule has 10 heteroatoms. The summed E-state index contributed by atoms with van der Waals surface area (Å²) < 4.78 is 39.4. The average molecular weight is 574 g/mol. The lowest BCUT2D eigenvalue weighted by atomic mass is 10.0.